The molecule has 1 atom stereocenters. The molecule has 0 saturated carbocycles. The lowest BCUT2D eigenvalue weighted by molar-refractivity contribution is -0.142. The van der Waals surface area contributed by atoms with Crippen molar-refractivity contribution in [2.24, 2.45) is 11.3 Å². The van der Waals surface area contributed by atoms with Crippen LogP contribution in [0.5, 0.6) is 0 Å². The van der Waals surface area contributed by atoms with Gasteiger partial charge in [0.15, 0.2) is 0 Å². The molecule has 1 unspecified atom stereocenters. The second kappa shape index (κ2) is 7.17. The highest BCUT2D eigenvalue weighted by molar-refractivity contribution is 7.99. The molecule has 0 aromatic carbocycles. The van der Waals surface area contributed by atoms with Crippen molar-refractivity contribution in [2.45, 2.75) is 52.5 Å². The molecule has 0 aromatic rings. The number of carbonyl (C=O) groups excluding carboxylic acids is 1. The molecule has 0 aliphatic carbocycles. The van der Waals surface area contributed by atoms with Crippen LogP contribution >= 0.6 is 11.8 Å². The minimum Gasteiger partial charge on any atom is -0.480 e. The van der Waals surface area contributed by atoms with Crippen molar-refractivity contribution in [1.29, 1.82) is 0 Å². The second-order valence-corrected chi connectivity index (χ2v) is 7.61. The van der Waals surface area contributed by atoms with Gasteiger partial charge in [-0.2, -0.15) is 11.8 Å². The van der Waals surface area contributed by atoms with E-state index in [1.54, 1.807) is 0 Å². The normalized spacial score (nSPS) is 18.9. The third-order valence-electron chi connectivity index (χ3n) is 3.39. The van der Waals surface area contributed by atoms with Crippen LogP contribution < -0.4 is 5.32 Å². The quantitative estimate of drug-likeness (QED) is 0.815. The molecule has 5 heteroatoms. The molecule has 1 aliphatic heterocycles. The van der Waals surface area contributed by atoms with Gasteiger partial charge < -0.3 is 10.4 Å². The molecule has 0 spiro atoms. The molecular formula is C14H25NO3S. The number of thioether (sulfide) groups is 1. The number of amides is 1. The van der Waals surface area contributed by atoms with Crippen molar-refractivity contribution in [3.05, 3.63) is 0 Å². The molecule has 1 fully saturated rings. The van der Waals surface area contributed by atoms with E-state index in [2.05, 4.69) is 26.1 Å². The van der Waals surface area contributed by atoms with Crippen molar-refractivity contribution >= 4 is 23.6 Å². The number of carbonyl (C=O) groups is 2. The Kier molecular flexibility index (Phi) is 6.17. The van der Waals surface area contributed by atoms with Crippen molar-refractivity contribution in [1.82, 2.24) is 5.32 Å². The second-order valence-electron chi connectivity index (χ2n) is 6.39. The molecule has 1 amide bonds. The molecule has 2 N–H and O–H groups in total. The fourth-order valence-corrected chi connectivity index (χ4v) is 3.19. The number of rotatable bonds is 5. The van der Waals surface area contributed by atoms with Gasteiger partial charge in [-0.05, 0) is 42.6 Å². The Balaban J connectivity index is 2.48. The first-order valence-corrected chi connectivity index (χ1v) is 8.06. The molecule has 0 aromatic heterocycles. The molecule has 0 radical (unpaired) electrons. The lowest BCUT2D eigenvalue weighted by Gasteiger charge is -2.25. The van der Waals surface area contributed by atoms with E-state index in [0.29, 0.717) is 6.42 Å². The van der Waals surface area contributed by atoms with Crippen LogP contribution in [0.1, 0.15) is 46.5 Å². The molecule has 1 saturated heterocycles. The smallest absolute Gasteiger partial charge is 0.326 e. The van der Waals surface area contributed by atoms with E-state index >= 15 is 0 Å². The van der Waals surface area contributed by atoms with Gasteiger partial charge in [0.1, 0.15) is 6.04 Å². The summed E-state index contributed by atoms with van der Waals surface area (Å²) in [6.07, 6.45) is 3.00. The first-order chi connectivity index (χ1) is 8.79. The summed E-state index contributed by atoms with van der Waals surface area (Å²) in [5.74, 6) is 0.984. The van der Waals surface area contributed by atoms with Crippen molar-refractivity contribution in [3.8, 4) is 0 Å². The molecule has 0 bridgehead atoms. The van der Waals surface area contributed by atoms with Crippen LogP contribution in [0.15, 0.2) is 0 Å². The largest absolute Gasteiger partial charge is 0.480 e. The van der Waals surface area contributed by atoms with E-state index in [0.717, 1.165) is 30.8 Å². The van der Waals surface area contributed by atoms with Crippen LogP contribution in [-0.4, -0.2) is 34.5 Å². The molecule has 1 aliphatic rings. The van der Waals surface area contributed by atoms with E-state index < -0.39 is 12.0 Å². The zero-order valence-corrected chi connectivity index (χ0v) is 12.9. The summed E-state index contributed by atoms with van der Waals surface area (Å²) in [5.41, 5.74) is 0.0832. The maximum absolute atomic E-state index is 12.1. The molecule has 110 valence electrons. The number of hydrogen-bond acceptors (Lipinski definition) is 3. The van der Waals surface area contributed by atoms with E-state index in [9.17, 15) is 14.7 Å². The molecule has 19 heavy (non-hydrogen) atoms. The highest BCUT2D eigenvalue weighted by Gasteiger charge is 2.27. The van der Waals surface area contributed by atoms with Crippen LogP contribution in [-0.2, 0) is 9.59 Å². The van der Waals surface area contributed by atoms with Crippen LogP contribution in [0.4, 0.5) is 0 Å². The monoisotopic (exact) mass is 287 g/mol. The summed E-state index contributed by atoms with van der Waals surface area (Å²) in [6.45, 7) is 6.23. The third-order valence-corrected chi connectivity index (χ3v) is 4.44. The minimum atomic E-state index is -0.928. The predicted octanol–water partition coefficient (Wildman–Crippen LogP) is 2.53. The van der Waals surface area contributed by atoms with Gasteiger partial charge in [0.05, 0.1) is 0 Å². The van der Waals surface area contributed by atoms with Crippen LogP contribution in [0, 0.1) is 11.3 Å². The average Bonchev–Trinajstić information content (AvgIpc) is 2.33. The van der Waals surface area contributed by atoms with Crippen LogP contribution in [0.25, 0.3) is 0 Å². The number of nitrogens with one attached hydrogen (secondary N) is 1. The summed E-state index contributed by atoms with van der Waals surface area (Å²) >= 11 is 1.86. The predicted molar refractivity (Wildman–Crippen MR) is 78.3 cm³/mol. The zero-order valence-electron chi connectivity index (χ0n) is 12.1. The summed E-state index contributed by atoms with van der Waals surface area (Å²) in [4.78, 5) is 23.3. The highest BCUT2D eigenvalue weighted by atomic mass is 32.2. The number of carboxylic acid groups (broad SMARTS) is 1. The molecule has 4 nitrogen and oxygen atoms in total. The Morgan fingerprint density at radius 3 is 2.37 bits per heavy atom. The van der Waals surface area contributed by atoms with Crippen LogP contribution in [0.2, 0.25) is 0 Å². The van der Waals surface area contributed by atoms with E-state index in [-0.39, 0.29) is 17.2 Å². The topological polar surface area (TPSA) is 66.4 Å². The Morgan fingerprint density at radius 1 is 1.32 bits per heavy atom. The van der Waals surface area contributed by atoms with Gasteiger partial charge in [0.2, 0.25) is 5.91 Å². The lowest BCUT2D eigenvalue weighted by atomic mass is 9.88. The van der Waals surface area contributed by atoms with Gasteiger partial charge in [0, 0.05) is 5.92 Å². The van der Waals surface area contributed by atoms with Crippen molar-refractivity contribution in [3.63, 3.8) is 0 Å². The van der Waals surface area contributed by atoms with E-state index in [4.69, 9.17) is 0 Å². The first kappa shape index (κ1) is 16.3. The van der Waals surface area contributed by atoms with Gasteiger partial charge in [-0.25, -0.2) is 4.79 Å². The fraction of sp³-hybridized carbons (Fsp3) is 0.857. The van der Waals surface area contributed by atoms with E-state index in [1.807, 2.05) is 11.8 Å². The Labute approximate surface area is 119 Å². The van der Waals surface area contributed by atoms with Crippen LogP contribution in [0.3, 0.4) is 0 Å². The van der Waals surface area contributed by atoms with Gasteiger partial charge in [-0.3, -0.25) is 4.79 Å². The Hall–Kier alpha value is -0.710. The SMILES string of the molecule is CC(C)(C)CCC(NC(=O)C1CCSCC1)C(=O)O. The lowest BCUT2D eigenvalue weighted by Crippen LogP contribution is -2.44. The van der Waals surface area contributed by atoms with Crippen molar-refractivity contribution < 1.29 is 14.7 Å². The maximum atomic E-state index is 12.1. The molecule has 1 rings (SSSR count). The Bertz CT molecular complexity index is 319. The fourth-order valence-electron chi connectivity index (χ4n) is 2.08. The maximum Gasteiger partial charge on any atom is 0.326 e. The Morgan fingerprint density at radius 2 is 1.89 bits per heavy atom. The number of hydrogen-bond donors (Lipinski definition) is 2. The van der Waals surface area contributed by atoms with Crippen molar-refractivity contribution in [2.75, 3.05) is 11.5 Å². The summed E-state index contributed by atoms with van der Waals surface area (Å²) in [6, 6.07) is -0.749. The first-order valence-electron chi connectivity index (χ1n) is 6.90. The van der Waals surface area contributed by atoms with Gasteiger partial charge in [-0.1, -0.05) is 20.8 Å². The average molecular weight is 287 g/mol. The number of aliphatic carboxylic acids is 1. The van der Waals surface area contributed by atoms with E-state index in [1.165, 1.54) is 0 Å². The highest BCUT2D eigenvalue weighted by Crippen LogP contribution is 2.24. The minimum absolute atomic E-state index is 0.00210. The molecule has 1 heterocycles. The molecular weight excluding hydrogens is 262 g/mol. The van der Waals surface area contributed by atoms with Gasteiger partial charge in [0.25, 0.3) is 0 Å². The summed E-state index contributed by atoms with van der Waals surface area (Å²) in [7, 11) is 0. The van der Waals surface area contributed by atoms with Gasteiger partial charge >= 0.3 is 5.97 Å². The standard InChI is InChI=1S/C14H25NO3S/c1-14(2,3)7-4-11(13(17)18)15-12(16)10-5-8-19-9-6-10/h10-11H,4-9H2,1-3H3,(H,15,16)(H,17,18). The zero-order chi connectivity index (χ0) is 14.5. The van der Waals surface area contributed by atoms with Gasteiger partial charge in [-0.15, -0.1) is 0 Å². The number of carboxylic acids is 1. The summed E-state index contributed by atoms with van der Waals surface area (Å²) in [5, 5.41) is 11.9. The third kappa shape index (κ3) is 6.32. The summed E-state index contributed by atoms with van der Waals surface area (Å²) < 4.78 is 0.